The number of hydrogen-bond acceptors (Lipinski definition) is 3. The predicted molar refractivity (Wildman–Crippen MR) is 87.4 cm³/mol. The van der Waals surface area contributed by atoms with Gasteiger partial charge >= 0.3 is 0 Å². The van der Waals surface area contributed by atoms with Gasteiger partial charge in [0.1, 0.15) is 0 Å². The first-order valence-electron chi connectivity index (χ1n) is 7.71. The minimum Gasteiger partial charge on any atom is -0.375 e. The van der Waals surface area contributed by atoms with Crippen LogP contribution in [0.3, 0.4) is 0 Å². The van der Waals surface area contributed by atoms with E-state index in [1.54, 1.807) is 0 Å². The first-order chi connectivity index (χ1) is 9.52. The van der Waals surface area contributed by atoms with Gasteiger partial charge in [-0.3, -0.25) is 0 Å². The summed E-state index contributed by atoms with van der Waals surface area (Å²) in [6.07, 6.45) is 0. The number of anilines is 1. The molecular weight excluding hydrogens is 248 g/mol. The van der Waals surface area contributed by atoms with Gasteiger partial charge in [-0.1, -0.05) is 12.1 Å². The molecule has 0 fully saturated rings. The van der Waals surface area contributed by atoms with Crippen molar-refractivity contribution in [1.29, 1.82) is 0 Å². The fourth-order valence-electron chi connectivity index (χ4n) is 2.36. The van der Waals surface area contributed by atoms with Crippen LogP contribution in [0.15, 0.2) is 24.3 Å². The highest BCUT2D eigenvalue weighted by Gasteiger charge is 2.16. The zero-order valence-corrected chi connectivity index (χ0v) is 13.7. The number of ether oxygens (including phenoxy) is 1. The normalized spacial score (nSPS) is 11.7. The number of nitrogens with zero attached hydrogens (tertiary/aromatic N) is 1. The van der Waals surface area contributed by atoms with Crippen molar-refractivity contribution in [3.05, 3.63) is 29.8 Å². The molecule has 3 nitrogen and oxygen atoms in total. The fourth-order valence-corrected chi connectivity index (χ4v) is 2.36. The molecule has 0 saturated carbocycles. The van der Waals surface area contributed by atoms with Crippen LogP contribution < -0.4 is 10.2 Å². The van der Waals surface area contributed by atoms with Crippen LogP contribution in [-0.2, 0) is 11.3 Å². The Balaban J connectivity index is 2.46. The zero-order valence-electron chi connectivity index (χ0n) is 13.7. The summed E-state index contributed by atoms with van der Waals surface area (Å²) in [5.74, 6) is 0. The SMILES string of the molecule is CCOC(C)(C)CNCc1ccc(N(CC)CC)cc1. The smallest absolute Gasteiger partial charge is 0.0750 e. The molecule has 1 aromatic rings. The Hall–Kier alpha value is -1.06. The average molecular weight is 278 g/mol. The summed E-state index contributed by atoms with van der Waals surface area (Å²) >= 11 is 0. The summed E-state index contributed by atoms with van der Waals surface area (Å²) in [6, 6.07) is 8.82. The zero-order chi connectivity index (χ0) is 15.0. The van der Waals surface area contributed by atoms with Gasteiger partial charge in [-0.15, -0.1) is 0 Å². The number of nitrogens with one attached hydrogen (secondary N) is 1. The van der Waals surface area contributed by atoms with E-state index >= 15 is 0 Å². The van der Waals surface area contributed by atoms with E-state index in [0.717, 1.165) is 32.8 Å². The molecule has 20 heavy (non-hydrogen) atoms. The minimum atomic E-state index is -0.101. The van der Waals surface area contributed by atoms with Crippen molar-refractivity contribution in [3.8, 4) is 0 Å². The first kappa shape index (κ1) is 17.0. The van der Waals surface area contributed by atoms with E-state index < -0.39 is 0 Å². The molecule has 0 bridgehead atoms. The van der Waals surface area contributed by atoms with Gasteiger partial charge in [0.2, 0.25) is 0 Å². The molecule has 0 aliphatic heterocycles. The lowest BCUT2D eigenvalue weighted by Crippen LogP contribution is -2.37. The van der Waals surface area contributed by atoms with Gasteiger partial charge in [0, 0.05) is 38.5 Å². The van der Waals surface area contributed by atoms with E-state index in [1.807, 2.05) is 6.92 Å². The third-order valence-corrected chi connectivity index (χ3v) is 3.48. The lowest BCUT2D eigenvalue weighted by atomic mass is 10.1. The maximum atomic E-state index is 5.68. The maximum absolute atomic E-state index is 5.68. The summed E-state index contributed by atoms with van der Waals surface area (Å²) in [5, 5.41) is 3.46. The predicted octanol–water partition coefficient (Wildman–Crippen LogP) is 3.44. The fraction of sp³-hybridized carbons (Fsp3) is 0.647. The Bertz CT molecular complexity index is 369. The summed E-state index contributed by atoms with van der Waals surface area (Å²) in [6.45, 7) is 15.3. The molecule has 0 atom stereocenters. The molecule has 0 aromatic heterocycles. The largest absolute Gasteiger partial charge is 0.375 e. The molecule has 0 amide bonds. The summed E-state index contributed by atoms with van der Waals surface area (Å²) < 4.78 is 5.68. The Morgan fingerprint density at radius 1 is 1.05 bits per heavy atom. The van der Waals surface area contributed by atoms with Crippen molar-refractivity contribution in [1.82, 2.24) is 5.32 Å². The van der Waals surface area contributed by atoms with E-state index in [-0.39, 0.29) is 5.60 Å². The Kier molecular flexibility index (Phi) is 7.03. The standard InChI is InChI=1S/C17H30N2O/c1-6-19(7-2)16-11-9-15(10-12-16)13-18-14-17(4,5)20-8-3/h9-12,18H,6-8,13-14H2,1-5H3. The molecule has 1 N–H and O–H groups in total. The van der Waals surface area contributed by atoms with E-state index in [2.05, 4.69) is 62.2 Å². The van der Waals surface area contributed by atoms with Gasteiger partial charge < -0.3 is 15.0 Å². The molecule has 1 rings (SSSR count). The van der Waals surface area contributed by atoms with Crippen molar-refractivity contribution in [3.63, 3.8) is 0 Å². The lowest BCUT2D eigenvalue weighted by Gasteiger charge is -2.25. The number of rotatable bonds is 9. The molecule has 0 spiro atoms. The van der Waals surface area contributed by atoms with Crippen molar-refractivity contribution in [2.75, 3.05) is 31.1 Å². The molecule has 0 saturated heterocycles. The van der Waals surface area contributed by atoms with Gasteiger partial charge in [-0.05, 0) is 52.3 Å². The topological polar surface area (TPSA) is 24.5 Å². The second-order valence-electron chi connectivity index (χ2n) is 5.63. The number of benzene rings is 1. The van der Waals surface area contributed by atoms with Crippen LogP contribution in [0.25, 0.3) is 0 Å². The van der Waals surface area contributed by atoms with E-state index in [0.29, 0.717) is 0 Å². The van der Waals surface area contributed by atoms with Crippen LogP contribution in [0.5, 0.6) is 0 Å². The highest BCUT2D eigenvalue weighted by atomic mass is 16.5. The molecule has 3 heteroatoms. The molecular formula is C17H30N2O. The van der Waals surface area contributed by atoms with Crippen molar-refractivity contribution >= 4 is 5.69 Å². The monoisotopic (exact) mass is 278 g/mol. The molecule has 114 valence electrons. The van der Waals surface area contributed by atoms with Crippen LogP contribution in [0.2, 0.25) is 0 Å². The van der Waals surface area contributed by atoms with Crippen molar-refractivity contribution in [2.45, 2.75) is 46.8 Å². The molecule has 0 unspecified atom stereocenters. The molecule has 1 aromatic carbocycles. The third-order valence-electron chi connectivity index (χ3n) is 3.48. The Morgan fingerprint density at radius 3 is 2.15 bits per heavy atom. The first-order valence-corrected chi connectivity index (χ1v) is 7.71. The number of hydrogen-bond donors (Lipinski definition) is 1. The van der Waals surface area contributed by atoms with E-state index in [9.17, 15) is 0 Å². The van der Waals surface area contributed by atoms with Gasteiger partial charge in [0.15, 0.2) is 0 Å². The second kappa shape index (κ2) is 8.28. The average Bonchev–Trinajstić information content (AvgIpc) is 2.41. The minimum absolute atomic E-state index is 0.101. The van der Waals surface area contributed by atoms with Gasteiger partial charge in [-0.25, -0.2) is 0 Å². The summed E-state index contributed by atoms with van der Waals surface area (Å²) in [7, 11) is 0. The van der Waals surface area contributed by atoms with Crippen LogP contribution in [0, 0.1) is 0 Å². The van der Waals surface area contributed by atoms with Gasteiger partial charge in [0.25, 0.3) is 0 Å². The van der Waals surface area contributed by atoms with Crippen molar-refractivity contribution in [2.24, 2.45) is 0 Å². The summed E-state index contributed by atoms with van der Waals surface area (Å²) in [4.78, 5) is 2.36. The molecule has 0 radical (unpaired) electrons. The van der Waals surface area contributed by atoms with Crippen LogP contribution in [-0.4, -0.2) is 31.8 Å². The third kappa shape index (κ3) is 5.51. The van der Waals surface area contributed by atoms with Crippen LogP contribution >= 0.6 is 0 Å². The second-order valence-corrected chi connectivity index (χ2v) is 5.63. The van der Waals surface area contributed by atoms with E-state index in [1.165, 1.54) is 11.3 Å². The van der Waals surface area contributed by atoms with Crippen LogP contribution in [0.1, 0.15) is 40.2 Å². The molecule has 0 aliphatic carbocycles. The van der Waals surface area contributed by atoms with Gasteiger partial charge in [-0.2, -0.15) is 0 Å². The maximum Gasteiger partial charge on any atom is 0.0750 e. The molecule has 0 heterocycles. The quantitative estimate of drug-likeness (QED) is 0.749. The highest BCUT2D eigenvalue weighted by Crippen LogP contribution is 2.15. The van der Waals surface area contributed by atoms with Crippen molar-refractivity contribution < 1.29 is 4.74 Å². The van der Waals surface area contributed by atoms with Gasteiger partial charge in [0.05, 0.1) is 5.60 Å². The molecule has 0 aliphatic rings. The summed E-state index contributed by atoms with van der Waals surface area (Å²) in [5.41, 5.74) is 2.51. The van der Waals surface area contributed by atoms with Crippen LogP contribution in [0.4, 0.5) is 5.69 Å². The highest BCUT2D eigenvalue weighted by molar-refractivity contribution is 5.47. The van der Waals surface area contributed by atoms with E-state index in [4.69, 9.17) is 4.74 Å². The Labute approximate surface area is 124 Å². The Morgan fingerprint density at radius 2 is 1.65 bits per heavy atom. The lowest BCUT2D eigenvalue weighted by molar-refractivity contribution is -0.00897.